The monoisotopic (exact) mass is 216 g/mol. The zero-order valence-electron chi connectivity index (χ0n) is 8.68. The molecular formula is C12H12N2O2. The van der Waals surface area contributed by atoms with Gasteiger partial charge in [-0.25, -0.2) is 0 Å². The van der Waals surface area contributed by atoms with Crippen molar-refractivity contribution in [1.82, 2.24) is 4.98 Å². The lowest BCUT2D eigenvalue weighted by Crippen LogP contribution is -2.25. The Morgan fingerprint density at radius 3 is 3.00 bits per heavy atom. The van der Waals surface area contributed by atoms with Crippen molar-refractivity contribution in [3.05, 3.63) is 30.5 Å². The number of fused-ring (bicyclic) bond motifs is 1. The summed E-state index contributed by atoms with van der Waals surface area (Å²) >= 11 is 0. The second-order valence-electron chi connectivity index (χ2n) is 4.08. The van der Waals surface area contributed by atoms with Gasteiger partial charge in [-0.15, -0.1) is 0 Å². The predicted octanol–water partition coefficient (Wildman–Crippen LogP) is 1.27. The van der Waals surface area contributed by atoms with Crippen LogP contribution in [0.1, 0.15) is 6.42 Å². The van der Waals surface area contributed by atoms with Crippen LogP contribution in [-0.4, -0.2) is 28.6 Å². The summed E-state index contributed by atoms with van der Waals surface area (Å²) in [5.74, 6) is -0.0128. The summed E-state index contributed by atoms with van der Waals surface area (Å²) in [5.41, 5.74) is 1.88. The van der Waals surface area contributed by atoms with Gasteiger partial charge in [-0.05, 0) is 18.2 Å². The number of amides is 1. The number of nitrogens with one attached hydrogen (secondary N) is 1. The third-order valence-electron chi connectivity index (χ3n) is 2.97. The molecule has 1 aliphatic rings. The third kappa shape index (κ3) is 1.31. The average Bonchev–Trinajstić information content (AvgIpc) is 2.84. The van der Waals surface area contributed by atoms with Crippen LogP contribution in [0, 0.1) is 0 Å². The summed E-state index contributed by atoms with van der Waals surface area (Å²) < 4.78 is 0. The number of hydrogen-bond donors (Lipinski definition) is 2. The van der Waals surface area contributed by atoms with Crippen molar-refractivity contribution in [1.29, 1.82) is 0 Å². The van der Waals surface area contributed by atoms with E-state index in [0.717, 1.165) is 16.6 Å². The average molecular weight is 216 g/mol. The predicted molar refractivity (Wildman–Crippen MR) is 61.3 cm³/mol. The minimum absolute atomic E-state index is 0.0128. The molecule has 0 radical (unpaired) electrons. The number of aliphatic hydroxyl groups is 1. The van der Waals surface area contributed by atoms with Gasteiger partial charge in [-0.1, -0.05) is 6.07 Å². The number of aromatic nitrogens is 1. The summed E-state index contributed by atoms with van der Waals surface area (Å²) in [7, 11) is 0. The molecular weight excluding hydrogens is 204 g/mol. The van der Waals surface area contributed by atoms with E-state index in [1.807, 2.05) is 30.5 Å². The van der Waals surface area contributed by atoms with E-state index >= 15 is 0 Å². The Bertz CT molecular complexity index is 547. The zero-order valence-corrected chi connectivity index (χ0v) is 8.68. The third-order valence-corrected chi connectivity index (χ3v) is 2.97. The highest BCUT2D eigenvalue weighted by molar-refractivity contribution is 6.04. The lowest BCUT2D eigenvalue weighted by atomic mass is 10.2. The molecule has 16 heavy (non-hydrogen) atoms. The summed E-state index contributed by atoms with van der Waals surface area (Å²) in [4.78, 5) is 16.5. The largest absolute Gasteiger partial charge is 0.391 e. The van der Waals surface area contributed by atoms with Crippen LogP contribution in [0.25, 0.3) is 10.9 Å². The molecule has 1 saturated heterocycles. The quantitative estimate of drug-likeness (QED) is 0.754. The fourth-order valence-corrected chi connectivity index (χ4v) is 2.23. The molecule has 1 amide bonds. The Kier molecular flexibility index (Phi) is 1.97. The Morgan fingerprint density at radius 2 is 2.25 bits per heavy atom. The number of β-amino-alcohol motifs (C(OH)–C–C–N with tert-alkyl or cyclic N) is 1. The van der Waals surface area contributed by atoms with E-state index in [9.17, 15) is 9.90 Å². The highest BCUT2D eigenvalue weighted by Gasteiger charge is 2.29. The molecule has 82 valence electrons. The molecule has 4 nitrogen and oxygen atoms in total. The molecule has 0 aliphatic carbocycles. The molecule has 0 spiro atoms. The molecule has 0 bridgehead atoms. The molecule has 0 saturated carbocycles. The molecule has 1 atom stereocenters. The Balaban J connectivity index is 2.12. The molecule has 1 fully saturated rings. The highest BCUT2D eigenvalue weighted by atomic mass is 16.3. The minimum atomic E-state index is -0.540. The maximum Gasteiger partial charge on any atom is 0.229 e. The fourth-order valence-electron chi connectivity index (χ4n) is 2.23. The molecule has 4 heteroatoms. The standard InChI is InChI=1S/C12H12N2O2/c15-8-6-12(16)14(7-8)11-3-1-2-10-9(11)4-5-13-10/h1-5,8,13,15H,6-7H2. The van der Waals surface area contributed by atoms with Crippen LogP contribution >= 0.6 is 0 Å². The van der Waals surface area contributed by atoms with Crippen molar-refractivity contribution >= 4 is 22.5 Å². The van der Waals surface area contributed by atoms with Crippen molar-refractivity contribution in [2.75, 3.05) is 11.4 Å². The number of rotatable bonds is 1. The van der Waals surface area contributed by atoms with Crippen molar-refractivity contribution in [2.24, 2.45) is 0 Å². The number of aliphatic hydroxyl groups excluding tert-OH is 1. The molecule has 2 heterocycles. The zero-order chi connectivity index (χ0) is 11.1. The van der Waals surface area contributed by atoms with Crippen LogP contribution in [0.15, 0.2) is 30.5 Å². The van der Waals surface area contributed by atoms with Gasteiger partial charge >= 0.3 is 0 Å². The minimum Gasteiger partial charge on any atom is -0.391 e. The molecule has 1 unspecified atom stereocenters. The first-order valence-electron chi connectivity index (χ1n) is 5.30. The van der Waals surface area contributed by atoms with Gasteiger partial charge in [-0.2, -0.15) is 0 Å². The van der Waals surface area contributed by atoms with E-state index in [4.69, 9.17) is 0 Å². The molecule has 1 aliphatic heterocycles. The summed E-state index contributed by atoms with van der Waals surface area (Å²) in [6.45, 7) is 0.392. The van der Waals surface area contributed by atoms with Crippen LogP contribution in [-0.2, 0) is 4.79 Å². The van der Waals surface area contributed by atoms with Gasteiger partial charge in [0, 0.05) is 17.1 Å². The fraction of sp³-hybridized carbons (Fsp3) is 0.250. The topological polar surface area (TPSA) is 56.3 Å². The second-order valence-corrected chi connectivity index (χ2v) is 4.08. The first kappa shape index (κ1) is 9.42. The van der Waals surface area contributed by atoms with Crippen molar-refractivity contribution in [2.45, 2.75) is 12.5 Å². The van der Waals surface area contributed by atoms with Crippen molar-refractivity contribution < 1.29 is 9.90 Å². The number of benzene rings is 1. The Hall–Kier alpha value is -1.81. The molecule has 1 aromatic carbocycles. The van der Waals surface area contributed by atoms with Crippen molar-refractivity contribution in [3.63, 3.8) is 0 Å². The number of carbonyl (C=O) groups is 1. The van der Waals surface area contributed by atoms with Gasteiger partial charge in [0.25, 0.3) is 0 Å². The van der Waals surface area contributed by atoms with Gasteiger partial charge in [0.05, 0.1) is 24.8 Å². The first-order chi connectivity index (χ1) is 7.75. The number of hydrogen-bond acceptors (Lipinski definition) is 2. The number of nitrogens with zero attached hydrogens (tertiary/aromatic N) is 1. The normalized spacial score (nSPS) is 20.9. The highest BCUT2D eigenvalue weighted by Crippen LogP contribution is 2.29. The molecule has 3 rings (SSSR count). The number of carbonyl (C=O) groups excluding carboxylic acids is 1. The summed E-state index contributed by atoms with van der Waals surface area (Å²) in [6, 6.07) is 7.73. The van der Waals surface area contributed by atoms with Gasteiger partial charge in [0.1, 0.15) is 0 Å². The number of H-pyrrole nitrogens is 1. The Morgan fingerprint density at radius 1 is 1.38 bits per heavy atom. The number of anilines is 1. The second kappa shape index (κ2) is 3.35. The van der Waals surface area contributed by atoms with E-state index in [-0.39, 0.29) is 12.3 Å². The van der Waals surface area contributed by atoms with Gasteiger partial charge < -0.3 is 15.0 Å². The Labute approximate surface area is 92.5 Å². The molecule has 2 aromatic rings. The van der Waals surface area contributed by atoms with Crippen LogP contribution in [0.4, 0.5) is 5.69 Å². The van der Waals surface area contributed by atoms with Crippen LogP contribution in [0.5, 0.6) is 0 Å². The number of aromatic amines is 1. The van der Waals surface area contributed by atoms with E-state index in [0.29, 0.717) is 6.54 Å². The van der Waals surface area contributed by atoms with Gasteiger partial charge in [-0.3, -0.25) is 4.79 Å². The lowest BCUT2D eigenvalue weighted by Gasteiger charge is -2.16. The van der Waals surface area contributed by atoms with E-state index in [1.54, 1.807) is 4.90 Å². The van der Waals surface area contributed by atoms with E-state index < -0.39 is 6.10 Å². The lowest BCUT2D eigenvalue weighted by molar-refractivity contribution is -0.117. The SMILES string of the molecule is O=C1CC(O)CN1c1cccc2[nH]ccc12. The van der Waals surface area contributed by atoms with Gasteiger partial charge in [0.2, 0.25) is 5.91 Å². The molecule has 1 aromatic heterocycles. The molecule has 2 N–H and O–H groups in total. The maximum atomic E-state index is 11.7. The van der Waals surface area contributed by atoms with Crippen LogP contribution in [0.2, 0.25) is 0 Å². The first-order valence-corrected chi connectivity index (χ1v) is 5.30. The van der Waals surface area contributed by atoms with E-state index in [2.05, 4.69) is 4.98 Å². The van der Waals surface area contributed by atoms with Crippen LogP contribution < -0.4 is 4.90 Å². The summed E-state index contributed by atoms with van der Waals surface area (Å²) in [5, 5.41) is 10.5. The maximum absolute atomic E-state index is 11.7. The van der Waals surface area contributed by atoms with E-state index in [1.165, 1.54) is 0 Å². The van der Waals surface area contributed by atoms with Crippen LogP contribution in [0.3, 0.4) is 0 Å². The van der Waals surface area contributed by atoms with Crippen molar-refractivity contribution in [3.8, 4) is 0 Å². The smallest absolute Gasteiger partial charge is 0.229 e. The summed E-state index contributed by atoms with van der Waals surface area (Å²) in [6.07, 6.45) is 1.54. The van der Waals surface area contributed by atoms with Gasteiger partial charge in [0.15, 0.2) is 0 Å².